The summed E-state index contributed by atoms with van der Waals surface area (Å²) in [5.74, 6) is 3.96. The van der Waals surface area contributed by atoms with E-state index in [0.29, 0.717) is 16.6 Å². The SMILES string of the molecule is CC(C#C[Si](C(C)C)(C(C)C)C(C)C)c1cccc2ccccc12. The van der Waals surface area contributed by atoms with Crippen LogP contribution in [0.15, 0.2) is 42.5 Å². The van der Waals surface area contributed by atoms with Gasteiger partial charge >= 0.3 is 0 Å². The molecule has 0 fully saturated rings. The molecular formula is C23H32Si. The van der Waals surface area contributed by atoms with Crippen molar-refractivity contribution in [3.05, 3.63) is 48.0 Å². The lowest BCUT2D eigenvalue weighted by atomic mass is 9.95. The van der Waals surface area contributed by atoms with E-state index in [4.69, 9.17) is 0 Å². The number of hydrogen-bond acceptors (Lipinski definition) is 0. The smallest absolute Gasteiger partial charge is 0.130 e. The fourth-order valence-electron chi connectivity index (χ4n) is 4.37. The Labute approximate surface area is 149 Å². The molecule has 0 radical (unpaired) electrons. The lowest BCUT2D eigenvalue weighted by Crippen LogP contribution is -2.43. The minimum Gasteiger partial charge on any atom is -0.130 e. The molecule has 0 aliphatic carbocycles. The highest BCUT2D eigenvalue weighted by Crippen LogP contribution is 2.41. The third-order valence-corrected chi connectivity index (χ3v) is 12.0. The monoisotopic (exact) mass is 336 g/mol. The molecule has 0 saturated carbocycles. The van der Waals surface area contributed by atoms with Crippen molar-refractivity contribution in [2.45, 2.75) is 71.0 Å². The zero-order chi connectivity index (χ0) is 17.9. The average Bonchev–Trinajstić information content (AvgIpc) is 2.53. The van der Waals surface area contributed by atoms with Crippen LogP contribution in [0.1, 0.15) is 59.9 Å². The van der Waals surface area contributed by atoms with Crippen LogP contribution >= 0.6 is 0 Å². The highest BCUT2D eigenvalue weighted by Gasteiger charge is 2.41. The summed E-state index contributed by atoms with van der Waals surface area (Å²) < 4.78 is 0. The Morgan fingerprint density at radius 2 is 1.25 bits per heavy atom. The van der Waals surface area contributed by atoms with Crippen molar-refractivity contribution in [3.63, 3.8) is 0 Å². The predicted octanol–water partition coefficient (Wildman–Crippen LogP) is 7.16. The molecule has 0 N–H and O–H groups in total. The molecule has 0 aliphatic heterocycles. The van der Waals surface area contributed by atoms with Crippen molar-refractivity contribution in [1.82, 2.24) is 0 Å². The van der Waals surface area contributed by atoms with Gasteiger partial charge < -0.3 is 0 Å². The Bertz CT molecular complexity index is 716. The molecule has 0 nitrogen and oxygen atoms in total. The summed E-state index contributed by atoms with van der Waals surface area (Å²) in [5, 5.41) is 2.65. The first-order valence-electron chi connectivity index (χ1n) is 9.31. The van der Waals surface area contributed by atoms with Crippen LogP contribution in [0, 0.1) is 11.5 Å². The summed E-state index contributed by atoms with van der Waals surface area (Å²) in [6.07, 6.45) is 0. The van der Waals surface area contributed by atoms with E-state index in [-0.39, 0.29) is 5.92 Å². The summed E-state index contributed by atoms with van der Waals surface area (Å²) >= 11 is 0. The second-order valence-corrected chi connectivity index (χ2v) is 13.5. The molecule has 0 amide bonds. The summed E-state index contributed by atoms with van der Waals surface area (Å²) in [6, 6.07) is 15.2. The van der Waals surface area contributed by atoms with Crippen LogP contribution in [0.25, 0.3) is 10.8 Å². The first-order chi connectivity index (χ1) is 11.3. The zero-order valence-electron chi connectivity index (χ0n) is 16.4. The molecule has 0 heterocycles. The molecule has 1 heteroatoms. The van der Waals surface area contributed by atoms with Crippen LogP contribution in [-0.4, -0.2) is 8.07 Å². The van der Waals surface area contributed by atoms with Gasteiger partial charge in [0.2, 0.25) is 0 Å². The quantitative estimate of drug-likeness (QED) is 0.410. The maximum Gasteiger partial charge on any atom is 0.145 e. The van der Waals surface area contributed by atoms with Gasteiger partial charge in [-0.3, -0.25) is 0 Å². The van der Waals surface area contributed by atoms with Crippen LogP contribution in [0.2, 0.25) is 16.6 Å². The van der Waals surface area contributed by atoms with Gasteiger partial charge in [0.1, 0.15) is 8.07 Å². The fourth-order valence-corrected chi connectivity index (χ4v) is 9.70. The van der Waals surface area contributed by atoms with Crippen LogP contribution in [0.4, 0.5) is 0 Å². The van der Waals surface area contributed by atoms with Crippen LogP contribution in [0.5, 0.6) is 0 Å². The van der Waals surface area contributed by atoms with E-state index in [1.807, 2.05) is 0 Å². The van der Waals surface area contributed by atoms with Crippen molar-refractivity contribution < 1.29 is 0 Å². The number of benzene rings is 2. The molecule has 0 bridgehead atoms. The molecule has 2 aromatic rings. The Hall–Kier alpha value is -1.52. The highest BCUT2D eigenvalue weighted by molar-refractivity contribution is 6.90. The van der Waals surface area contributed by atoms with Crippen molar-refractivity contribution in [2.24, 2.45) is 0 Å². The van der Waals surface area contributed by atoms with Gasteiger partial charge in [-0.15, -0.1) is 11.5 Å². The van der Waals surface area contributed by atoms with E-state index in [9.17, 15) is 0 Å². The van der Waals surface area contributed by atoms with Gasteiger partial charge in [0, 0.05) is 5.92 Å². The third-order valence-electron chi connectivity index (χ3n) is 5.66. The average molecular weight is 337 g/mol. The van der Waals surface area contributed by atoms with Crippen molar-refractivity contribution in [2.75, 3.05) is 0 Å². The zero-order valence-corrected chi connectivity index (χ0v) is 17.4. The number of rotatable bonds is 4. The summed E-state index contributed by atoms with van der Waals surface area (Å²) in [5.41, 5.74) is 7.30. The molecule has 1 unspecified atom stereocenters. The molecule has 2 rings (SSSR count). The molecule has 128 valence electrons. The van der Waals surface area contributed by atoms with Crippen LogP contribution in [-0.2, 0) is 0 Å². The minimum absolute atomic E-state index is 0.277. The highest BCUT2D eigenvalue weighted by atomic mass is 28.3. The molecule has 2 aromatic carbocycles. The van der Waals surface area contributed by atoms with E-state index in [2.05, 4.69) is 102 Å². The second-order valence-electron chi connectivity index (χ2n) is 7.96. The van der Waals surface area contributed by atoms with Crippen molar-refractivity contribution in [1.29, 1.82) is 0 Å². The molecule has 0 spiro atoms. The van der Waals surface area contributed by atoms with Crippen LogP contribution in [0.3, 0.4) is 0 Å². The second kappa shape index (κ2) is 7.58. The van der Waals surface area contributed by atoms with Crippen LogP contribution < -0.4 is 0 Å². The maximum absolute atomic E-state index is 3.88. The topological polar surface area (TPSA) is 0 Å². The predicted molar refractivity (Wildman–Crippen MR) is 111 cm³/mol. The standard InChI is InChI=1S/C23H32Si/c1-17(2)24(18(3)4,19(5)6)16-15-20(7)22-14-10-12-21-11-8-9-13-23(21)22/h8-14,17-20H,1-7H3. The van der Waals surface area contributed by atoms with E-state index in [0.717, 1.165) is 0 Å². The summed E-state index contributed by atoms with van der Waals surface area (Å²) in [7, 11) is -1.65. The van der Waals surface area contributed by atoms with E-state index in [1.165, 1.54) is 16.3 Å². The molecule has 24 heavy (non-hydrogen) atoms. The molecule has 1 atom stereocenters. The normalized spacial score (nSPS) is 13.4. The summed E-state index contributed by atoms with van der Waals surface area (Å²) in [6.45, 7) is 16.5. The molecular weight excluding hydrogens is 304 g/mol. The first-order valence-corrected chi connectivity index (χ1v) is 11.5. The lowest BCUT2D eigenvalue weighted by Gasteiger charge is -2.38. The Balaban J connectivity index is 2.48. The first kappa shape index (κ1) is 18.8. The van der Waals surface area contributed by atoms with Gasteiger partial charge in [-0.2, -0.15) is 0 Å². The Morgan fingerprint density at radius 3 is 1.83 bits per heavy atom. The van der Waals surface area contributed by atoms with Gasteiger partial charge in [-0.1, -0.05) is 84.0 Å². The molecule has 0 saturated heterocycles. The Morgan fingerprint density at radius 1 is 0.708 bits per heavy atom. The largest absolute Gasteiger partial charge is 0.145 e. The van der Waals surface area contributed by atoms with Gasteiger partial charge in [-0.25, -0.2) is 0 Å². The van der Waals surface area contributed by atoms with Gasteiger partial charge in [-0.05, 0) is 39.9 Å². The van der Waals surface area contributed by atoms with Gasteiger partial charge in [0.05, 0.1) is 0 Å². The van der Waals surface area contributed by atoms with Gasteiger partial charge in [0.25, 0.3) is 0 Å². The van der Waals surface area contributed by atoms with E-state index >= 15 is 0 Å². The Kier molecular flexibility index (Phi) is 5.94. The minimum atomic E-state index is -1.65. The van der Waals surface area contributed by atoms with Crippen molar-refractivity contribution in [3.8, 4) is 11.5 Å². The van der Waals surface area contributed by atoms with E-state index in [1.54, 1.807) is 0 Å². The number of hydrogen-bond donors (Lipinski definition) is 0. The van der Waals surface area contributed by atoms with E-state index < -0.39 is 8.07 Å². The fraction of sp³-hybridized carbons (Fsp3) is 0.478. The molecule has 0 aliphatic rings. The lowest BCUT2D eigenvalue weighted by molar-refractivity contribution is 0.837. The molecule has 0 aromatic heterocycles. The van der Waals surface area contributed by atoms with Gasteiger partial charge in [0.15, 0.2) is 0 Å². The number of fused-ring (bicyclic) bond motifs is 1. The summed E-state index contributed by atoms with van der Waals surface area (Å²) in [4.78, 5) is 0. The maximum atomic E-state index is 3.88. The third kappa shape index (κ3) is 3.45. The van der Waals surface area contributed by atoms with Crippen molar-refractivity contribution >= 4 is 18.8 Å².